The second-order valence-electron chi connectivity index (χ2n) is 6.01. The smallest absolute Gasteiger partial charge is 0.236 e. The molecule has 0 atom stereocenters. The molecule has 0 radical (unpaired) electrons. The van der Waals surface area contributed by atoms with Crippen LogP contribution in [0.25, 0.3) is 0 Å². The molecule has 0 aromatic heterocycles. The molecule has 2 fully saturated rings. The van der Waals surface area contributed by atoms with E-state index < -0.39 is 0 Å². The predicted molar refractivity (Wildman–Crippen MR) is 78.2 cm³/mol. The standard InChI is InChI=1S/C15H29N3O/c1-3-18(14-8-9-14)15(19)12-16-10-11-17(2)13-6-4-5-7-13/h13-14,16H,3-12H2,1-2H3. The quantitative estimate of drug-likeness (QED) is 0.676. The topological polar surface area (TPSA) is 35.6 Å². The van der Waals surface area contributed by atoms with Crippen LogP contribution in [0.3, 0.4) is 0 Å². The fourth-order valence-corrected chi connectivity index (χ4v) is 3.10. The van der Waals surface area contributed by atoms with Crippen LogP contribution in [-0.4, -0.2) is 61.0 Å². The maximum absolute atomic E-state index is 12.0. The second kappa shape index (κ2) is 7.25. The molecule has 0 bridgehead atoms. The summed E-state index contributed by atoms with van der Waals surface area (Å²) in [7, 11) is 2.21. The van der Waals surface area contributed by atoms with Crippen LogP contribution >= 0.6 is 0 Å². The Morgan fingerprint density at radius 2 is 1.84 bits per heavy atom. The molecule has 2 saturated carbocycles. The third-order valence-corrected chi connectivity index (χ3v) is 4.51. The first kappa shape index (κ1) is 14.8. The molecule has 4 nitrogen and oxygen atoms in total. The fraction of sp³-hybridized carbons (Fsp3) is 0.933. The Labute approximate surface area is 117 Å². The van der Waals surface area contributed by atoms with Crippen molar-refractivity contribution in [3.05, 3.63) is 0 Å². The van der Waals surface area contributed by atoms with Crippen molar-refractivity contribution in [2.45, 2.75) is 57.5 Å². The Hall–Kier alpha value is -0.610. The van der Waals surface area contributed by atoms with Crippen LogP contribution in [0.2, 0.25) is 0 Å². The molecule has 0 unspecified atom stereocenters. The highest BCUT2D eigenvalue weighted by Gasteiger charge is 2.30. The Morgan fingerprint density at radius 3 is 2.42 bits per heavy atom. The van der Waals surface area contributed by atoms with Gasteiger partial charge in [0.15, 0.2) is 0 Å². The van der Waals surface area contributed by atoms with E-state index >= 15 is 0 Å². The van der Waals surface area contributed by atoms with Crippen molar-refractivity contribution in [3.63, 3.8) is 0 Å². The number of hydrogen-bond acceptors (Lipinski definition) is 3. The summed E-state index contributed by atoms with van der Waals surface area (Å²) in [6.45, 7) is 5.40. The Kier molecular flexibility index (Phi) is 5.64. The number of nitrogens with one attached hydrogen (secondary N) is 1. The summed E-state index contributed by atoms with van der Waals surface area (Å²) in [5, 5.41) is 3.30. The summed E-state index contributed by atoms with van der Waals surface area (Å²) in [6.07, 6.45) is 7.86. The van der Waals surface area contributed by atoms with E-state index in [1.54, 1.807) is 0 Å². The average molecular weight is 267 g/mol. The molecule has 1 amide bonds. The zero-order valence-electron chi connectivity index (χ0n) is 12.5. The van der Waals surface area contributed by atoms with Crippen LogP contribution in [0.1, 0.15) is 45.4 Å². The molecule has 0 aromatic carbocycles. The van der Waals surface area contributed by atoms with Gasteiger partial charge in [0.1, 0.15) is 0 Å². The van der Waals surface area contributed by atoms with Gasteiger partial charge in [-0.1, -0.05) is 12.8 Å². The van der Waals surface area contributed by atoms with Gasteiger partial charge in [0.2, 0.25) is 5.91 Å². The number of hydrogen-bond donors (Lipinski definition) is 1. The molecule has 2 rings (SSSR count). The van der Waals surface area contributed by atoms with E-state index in [0.29, 0.717) is 12.6 Å². The van der Waals surface area contributed by atoms with Crippen LogP contribution in [0.5, 0.6) is 0 Å². The van der Waals surface area contributed by atoms with Gasteiger partial charge in [0, 0.05) is 31.7 Å². The lowest BCUT2D eigenvalue weighted by Crippen LogP contribution is -2.42. The maximum Gasteiger partial charge on any atom is 0.236 e. The summed E-state index contributed by atoms with van der Waals surface area (Å²) >= 11 is 0. The maximum atomic E-state index is 12.0. The van der Waals surface area contributed by atoms with E-state index in [1.807, 2.05) is 4.90 Å². The van der Waals surface area contributed by atoms with Crippen LogP contribution < -0.4 is 5.32 Å². The molecule has 110 valence electrons. The Bertz CT molecular complexity index is 285. The van der Waals surface area contributed by atoms with E-state index in [9.17, 15) is 4.79 Å². The number of carbonyl (C=O) groups is 1. The zero-order chi connectivity index (χ0) is 13.7. The van der Waals surface area contributed by atoms with Gasteiger partial charge in [-0.05, 0) is 39.7 Å². The lowest BCUT2D eigenvalue weighted by Gasteiger charge is -2.24. The lowest BCUT2D eigenvalue weighted by molar-refractivity contribution is -0.130. The van der Waals surface area contributed by atoms with E-state index in [2.05, 4.69) is 24.2 Å². The monoisotopic (exact) mass is 267 g/mol. The minimum absolute atomic E-state index is 0.272. The van der Waals surface area contributed by atoms with Crippen molar-refractivity contribution in [1.82, 2.24) is 15.1 Å². The highest BCUT2D eigenvalue weighted by atomic mass is 16.2. The van der Waals surface area contributed by atoms with Crippen molar-refractivity contribution >= 4 is 5.91 Å². The first-order valence-corrected chi connectivity index (χ1v) is 7.92. The van der Waals surface area contributed by atoms with Crippen LogP contribution in [0.15, 0.2) is 0 Å². The number of amides is 1. The van der Waals surface area contributed by atoms with Gasteiger partial charge >= 0.3 is 0 Å². The predicted octanol–water partition coefficient (Wildman–Crippen LogP) is 1.46. The lowest BCUT2D eigenvalue weighted by atomic mass is 10.2. The molecular weight excluding hydrogens is 238 g/mol. The SMILES string of the molecule is CCN(C(=O)CNCCN(C)C1CCCC1)C1CC1. The van der Waals surface area contributed by atoms with E-state index in [4.69, 9.17) is 0 Å². The largest absolute Gasteiger partial charge is 0.339 e. The van der Waals surface area contributed by atoms with Gasteiger partial charge in [0.25, 0.3) is 0 Å². The van der Waals surface area contributed by atoms with E-state index in [1.165, 1.54) is 38.5 Å². The molecule has 0 heterocycles. The fourth-order valence-electron chi connectivity index (χ4n) is 3.10. The summed E-state index contributed by atoms with van der Waals surface area (Å²) in [6, 6.07) is 1.32. The average Bonchev–Trinajstić information content (AvgIpc) is 3.08. The van der Waals surface area contributed by atoms with Gasteiger partial charge in [-0.2, -0.15) is 0 Å². The summed E-state index contributed by atoms with van der Waals surface area (Å²) < 4.78 is 0. The first-order valence-electron chi connectivity index (χ1n) is 7.92. The van der Waals surface area contributed by atoms with Gasteiger partial charge in [0.05, 0.1) is 6.54 Å². The molecular formula is C15H29N3O. The molecule has 19 heavy (non-hydrogen) atoms. The van der Waals surface area contributed by atoms with Crippen LogP contribution in [0.4, 0.5) is 0 Å². The molecule has 0 saturated heterocycles. The summed E-state index contributed by atoms with van der Waals surface area (Å²) in [4.78, 5) is 16.5. The summed E-state index contributed by atoms with van der Waals surface area (Å²) in [5.74, 6) is 0.272. The first-order chi connectivity index (χ1) is 9.22. The summed E-state index contributed by atoms with van der Waals surface area (Å²) in [5.41, 5.74) is 0. The number of carbonyl (C=O) groups excluding carboxylic acids is 1. The normalized spacial score (nSPS) is 20.2. The van der Waals surface area contributed by atoms with Crippen LogP contribution in [0, 0.1) is 0 Å². The van der Waals surface area contributed by atoms with Gasteiger partial charge < -0.3 is 15.1 Å². The van der Waals surface area contributed by atoms with E-state index in [-0.39, 0.29) is 5.91 Å². The van der Waals surface area contributed by atoms with Gasteiger partial charge in [-0.25, -0.2) is 0 Å². The van der Waals surface area contributed by atoms with E-state index in [0.717, 1.165) is 25.7 Å². The molecule has 2 aliphatic carbocycles. The second-order valence-corrected chi connectivity index (χ2v) is 6.01. The van der Waals surface area contributed by atoms with Gasteiger partial charge in [-0.3, -0.25) is 4.79 Å². The third-order valence-electron chi connectivity index (χ3n) is 4.51. The minimum atomic E-state index is 0.272. The highest BCUT2D eigenvalue weighted by molar-refractivity contribution is 5.78. The molecule has 4 heteroatoms. The van der Waals surface area contributed by atoms with Crippen molar-refractivity contribution in [2.75, 3.05) is 33.2 Å². The van der Waals surface area contributed by atoms with Gasteiger partial charge in [-0.15, -0.1) is 0 Å². The Morgan fingerprint density at radius 1 is 1.16 bits per heavy atom. The molecule has 0 aliphatic heterocycles. The van der Waals surface area contributed by atoms with Crippen molar-refractivity contribution < 1.29 is 4.79 Å². The van der Waals surface area contributed by atoms with Crippen molar-refractivity contribution in [2.24, 2.45) is 0 Å². The number of rotatable bonds is 8. The third kappa shape index (κ3) is 4.46. The molecule has 0 aromatic rings. The Balaban J connectivity index is 1.56. The van der Waals surface area contributed by atoms with Crippen LogP contribution in [-0.2, 0) is 4.79 Å². The molecule has 2 aliphatic rings. The number of likely N-dealkylation sites (N-methyl/N-ethyl adjacent to an activating group) is 2. The zero-order valence-corrected chi connectivity index (χ0v) is 12.5. The molecule has 1 N–H and O–H groups in total. The van der Waals surface area contributed by atoms with Crippen molar-refractivity contribution in [1.29, 1.82) is 0 Å². The molecule has 0 spiro atoms. The highest BCUT2D eigenvalue weighted by Crippen LogP contribution is 2.26. The number of nitrogens with zero attached hydrogens (tertiary/aromatic N) is 2. The van der Waals surface area contributed by atoms with Crippen molar-refractivity contribution in [3.8, 4) is 0 Å². The minimum Gasteiger partial charge on any atom is -0.339 e.